The van der Waals surface area contributed by atoms with Crippen LogP contribution < -0.4 is 0 Å². The van der Waals surface area contributed by atoms with Crippen molar-refractivity contribution >= 4 is 22.2 Å². The first-order valence-electron chi connectivity index (χ1n) is 4.60. The van der Waals surface area contributed by atoms with Gasteiger partial charge in [-0.1, -0.05) is 15.9 Å². The summed E-state index contributed by atoms with van der Waals surface area (Å²) in [6, 6.07) is 4.72. The minimum atomic E-state index is -0.286. The van der Waals surface area contributed by atoms with Gasteiger partial charge in [0.05, 0.1) is 18.3 Å². The first-order valence-corrected chi connectivity index (χ1v) is 5.40. The lowest BCUT2D eigenvalue weighted by Gasteiger charge is -2.03. The van der Waals surface area contributed by atoms with Gasteiger partial charge in [-0.25, -0.2) is 4.39 Å². The molecule has 0 N–H and O–H groups in total. The quantitative estimate of drug-likeness (QED) is 0.812. The second-order valence-corrected chi connectivity index (χ2v) is 4.24. The van der Waals surface area contributed by atoms with Crippen molar-refractivity contribution in [2.45, 2.75) is 6.54 Å². The van der Waals surface area contributed by atoms with E-state index in [4.69, 9.17) is 0 Å². The van der Waals surface area contributed by atoms with E-state index in [1.54, 1.807) is 18.3 Å². The van der Waals surface area contributed by atoms with Crippen LogP contribution in [0.25, 0.3) is 0 Å². The molecular weight excluding hydrogens is 275 g/mol. The summed E-state index contributed by atoms with van der Waals surface area (Å²) in [5.41, 5.74) is 1.00. The molecule has 1 aromatic carbocycles. The van der Waals surface area contributed by atoms with Crippen LogP contribution in [0.15, 0.2) is 35.1 Å². The Hall–Kier alpha value is -1.49. The van der Waals surface area contributed by atoms with Crippen LogP contribution in [0.1, 0.15) is 15.9 Å². The van der Waals surface area contributed by atoms with E-state index in [1.165, 1.54) is 16.9 Å². The molecule has 2 aromatic rings. The number of aromatic nitrogens is 2. The first-order chi connectivity index (χ1) is 7.69. The van der Waals surface area contributed by atoms with E-state index < -0.39 is 0 Å². The fourth-order valence-corrected chi connectivity index (χ4v) is 1.77. The van der Waals surface area contributed by atoms with E-state index in [2.05, 4.69) is 21.0 Å². The number of hydrogen-bond acceptors (Lipinski definition) is 2. The molecule has 0 aliphatic carbocycles. The van der Waals surface area contributed by atoms with E-state index in [9.17, 15) is 9.18 Å². The number of halogens is 2. The first kappa shape index (κ1) is 11.0. The number of aldehydes is 1. The Morgan fingerprint density at radius 2 is 2.31 bits per heavy atom. The van der Waals surface area contributed by atoms with Gasteiger partial charge in [0, 0.05) is 16.2 Å². The molecule has 0 radical (unpaired) electrons. The van der Waals surface area contributed by atoms with Crippen LogP contribution >= 0.6 is 15.9 Å². The van der Waals surface area contributed by atoms with E-state index in [0.717, 1.165) is 4.47 Å². The standard InChI is InChI=1S/C11H8BrFN2O/c12-10-1-2-11(13)9(3-10)6-15-5-8(7-16)4-14-15/h1-5,7H,6H2. The summed E-state index contributed by atoms with van der Waals surface area (Å²) < 4.78 is 15.7. The molecule has 0 atom stereocenters. The third-order valence-corrected chi connectivity index (χ3v) is 2.62. The molecule has 0 bridgehead atoms. The van der Waals surface area contributed by atoms with Crippen molar-refractivity contribution in [2.24, 2.45) is 0 Å². The van der Waals surface area contributed by atoms with Crippen LogP contribution in [0, 0.1) is 5.82 Å². The van der Waals surface area contributed by atoms with Gasteiger partial charge in [0.25, 0.3) is 0 Å². The molecule has 0 saturated carbocycles. The summed E-state index contributed by atoms with van der Waals surface area (Å²) in [5.74, 6) is -0.286. The summed E-state index contributed by atoms with van der Waals surface area (Å²) in [5, 5.41) is 3.96. The lowest BCUT2D eigenvalue weighted by atomic mass is 10.2. The number of carbonyl (C=O) groups excluding carboxylic acids is 1. The molecular formula is C11H8BrFN2O. The van der Waals surface area contributed by atoms with Crippen LogP contribution in [-0.4, -0.2) is 16.1 Å². The smallest absolute Gasteiger partial charge is 0.153 e. The Morgan fingerprint density at radius 3 is 3.00 bits per heavy atom. The molecule has 0 amide bonds. The highest BCUT2D eigenvalue weighted by molar-refractivity contribution is 9.10. The third-order valence-electron chi connectivity index (χ3n) is 2.13. The van der Waals surface area contributed by atoms with Crippen LogP contribution in [-0.2, 0) is 6.54 Å². The Morgan fingerprint density at radius 1 is 1.50 bits per heavy atom. The fraction of sp³-hybridized carbons (Fsp3) is 0.0909. The van der Waals surface area contributed by atoms with Crippen molar-refractivity contribution in [1.82, 2.24) is 9.78 Å². The van der Waals surface area contributed by atoms with Crippen molar-refractivity contribution in [1.29, 1.82) is 0 Å². The second-order valence-electron chi connectivity index (χ2n) is 3.32. The van der Waals surface area contributed by atoms with E-state index in [0.29, 0.717) is 24.0 Å². The maximum Gasteiger partial charge on any atom is 0.153 e. The second kappa shape index (κ2) is 4.57. The molecule has 0 aliphatic rings. The van der Waals surface area contributed by atoms with E-state index in [-0.39, 0.29) is 5.82 Å². The average molecular weight is 283 g/mol. The number of carbonyl (C=O) groups is 1. The highest BCUT2D eigenvalue weighted by Gasteiger charge is 2.05. The average Bonchev–Trinajstić information content (AvgIpc) is 2.71. The van der Waals surface area contributed by atoms with Gasteiger partial charge in [0.1, 0.15) is 5.82 Å². The van der Waals surface area contributed by atoms with Crippen molar-refractivity contribution in [3.63, 3.8) is 0 Å². The lowest BCUT2D eigenvalue weighted by Crippen LogP contribution is -2.02. The summed E-state index contributed by atoms with van der Waals surface area (Å²) in [6.45, 7) is 0.305. The van der Waals surface area contributed by atoms with Gasteiger partial charge in [-0.05, 0) is 18.2 Å². The highest BCUT2D eigenvalue weighted by atomic mass is 79.9. The number of hydrogen-bond donors (Lipinski definition) is 0. The van der Waals surface area contributed by atoms with E-state index in [1.807, 2.05) is 0 Å². The number of nitrogens with zero attached hydrogens (tertiary/aromatic N) is 2. The van der Waals surface area contributed by atoms with Gasteiger partial charge >= 0.3 is 0 Å². The summed E-state index contributed by atoms with van der Waals surface area (Å²) in [4.78, 5) is 10.5. The van der Waals surface area contributed by atoms with Crippen molar-refractivity contribution in [2.75, 3.05) is 0 Å². The van der Waals surface area contributed by atoms with Gasteiger partial charge < -0.3 is 0 Å². The Balaban J connectivity index is 2.26. The van der Waals surface area contributed by atoms with Gasteiger partial charge in [-0.3, -0.25) is 9.48 Å². The summed E-state index contributed by atoms with van der Waals surface area (Å²) >= 11 is 3.28. The summed E-state index contributed by atoms with van der Waals surface area (Å²) in [6.07, 6.45) is 3.73. The SMILES string of the molecule is O=Cc1cnn(Cc2cc(Br)ccc2F)c1. The summed E-state index contributed by atoms with van der Waals surface area (Å²) in [7, 11) is 0. The molecule has 0 spiro atoms. The number of rotatable bonds is 3. The highest BCUT2D eigenvalue weighted by Crippen LogP contribution is 2.16. The zero-order valence-corrected chi connectivity index (χ0v) is 9.82. The van der Waals surface area contributed by atoms with Crippen LogP contribution in [0.5, 0.6) is 0 Å². The molecule has 16 heavy (non-hydrogen) atoms. The molecule has 3 nitrogen and oxygen atoms in total. The largest absolute Gasteiger partial charge is 0.298 e. The molecule has 0 aliphatic heterocycles. The van der Waals surface area contributed by atoms with Gasteiger partial charge in [0.15, 0.2) is 6.29 Å². The minimum Gasteiger partial charge on any atom is -0.298 e. The van der Waals surface area contributed by atoms with Gasteiger partial charge in [-0.2, -0.15) is 5.10 Å². The molecule has 0 unspecified atom stereocenters. The topological polar surface area (TPSA) is 34.9 Å². The van der Waals surface area contributed by atoms with Crippen molar-refractivity contribution in [3.8, 4) is 0 Å². The maximum atomic E-state index is 13.4. The lowest BCUT2D eigenvalue weighted by molar-refractivity contribution is 0.112. The normalized spacial score (nSPS) is 10.4. The predicted octanol–water partition coefficient (Wildman–Crippen LogP) is 2.65. The van der Waals surface area contributed by atoms with E-state index >= 15 is 0 Å². The monoisotopic (exact) mass is 282 g/mol. The maximum absolute atomic E-state index is 13.4. The molecule has 5 heteroatoms. The predicted molar refractivity (Wildman–Crippen MR) is 60.8 cm³/mol. The Bertz CT molecular complexity index is 524. The molecule has 1 aromatic heterocycles. The Kier molecular flexibility index (Phi) is 3.14. The molecule has 0 saturated heterocycles. The van der Waals surface area contributed by atoms with Crippen molar-refractivity contribution in [3.05, 3.63) is 52.0 Å². The molecule has 0 fully saturated rings. The van der Waals surface area contributed by atoms with Gasteiger partial charge in [0.2, 0.25) is 0 Å². The van der Waals surface area contributed by atoms with Crippen LogP contribution in [0.2, 0.25) is 0 Å². The Labute approximate surface area is 100 Å². The zero-order chi connectivity index (χ0) is 11.5. The zero-order valence-electron chi connectivity index (χ0n) is 8.23. The molecule has 2 rings (SSSR count). The van der Waals surface area contributed by atoms with Gasteiger partial charge in [-0.15, -0.1) is 0 Å². The number of benzene rings is 1. The fourth-order valence-electron chi connectivity index (χ4n) is 1.37. The van der Waals surface area contributed by atoms with Crippen molar-refractivity contribution < 1.29 is 9.18 Å². The molecule has 82 valence electrons. The molecule has 1 heterocycles. The van der Waals surface area contributed by atoms with Crippen LogP contribution in [0.4, 0.5) is 4.39 Å². The third kappa shape index (κ3) is 2.36. The van der Waals surface area contributed by atoms with Crippen LogP contribution in [0.3, 0.4) is 0 Å². The minimum absolute atomic E-state index is 0.286.